The molecule has 8 heteroatoms. The number of benzene rings is 1. The maximum Gasteiger partial charge on any atom is 0.338 e. The molecule has 2 saturated carbocycles. The predicted molar refractivity (Wildman–Crippen MR) is 95.1 cm³/mol. The number of hydrogen-bond donors (Lipinski definition) is 1. The molecule has 1 amide bonds. The van der Waals surface area contributed by atoms with E-state index in [0.717, 1.165) is 6.42 Å². The Morgan fingerprint density at radius 2 is 1.89 bits per heavy atom. The van der Waals surface area contributed by atoms with Crippen LogP contribution in [0.3, 0.4) is 0 Å². The third-order valence-corrected chi connectivity index (χ3v) is 5.78. The zero-order valence-electron chi connectivity index (χ0n) is 15.4. The maximum absolute atomic E-state index is 12.4. The van der Waals surface area contributed by atoms with Gasteiger partial charge in [0.1, 0.15) is 6.10 Å². The number of anilines is 1. The van der Waals surface area contributed by atoms with Crippen LogP contribution >= 0.6 is 0 Å². The molecule has 1 aliphatic heterocycles. The summed E-state index contributed by atoms with van der Waals surface area (Å²) >= 11 is 0. The SMILES string of the molecule is CCOC(=O)c1ccc(NC(=O)COC(=O)[C@@H]2[C@@H]3C[C@@H]4[C@H]2C(=O)O[C@H]4C3)cc1. The van der Waals surface area contributed by atoms with Gasteiger partial charge in [0.25, 0.3) is 5.91 Å². The van der Waals surface area contributed by atoms with E-state index in [2.05, 4.69) is 5.32 Å². The van der Waals surface area contributed by atoms with Crippen LogP contribution in [0.25, 0.3) is 0 Å². The number of esters is 3. The van der Waals surface area contributed by atoms with Gasteiger partial charge in [-0.2, -0.15) is 0 Å². The Hall–Kier alpha value is -2.90. The highest BCUT2D eigenvalue weighted by Crippen LogP contribution is 2.57. The van der Waals surface area contributed by atoms with E-state index in [-0.39, 0.29) is 30.5 Å². The highest BCUT2D eigenvalue weighted by atomic mass is 16.6. The van der Waals surface area contributed by atoms with Crippen molar-refractivity contribution in [2.24, 2.45) is 23.7 Å². The van der Waals surface area contributed by atoms with E-state index in [1.165, 1.54) is 12.1 Å². The standard InChI is InChI=1S/C20H21NO7/c1-2-26-18(23)10-3-5-12(6-4-10)21-15(22)9-27-19(24)16-11-7-13-14(8-11)28-20(25)17(13)16/h3-6,11,13-14,16-17H,2,7-9H2,1H3,(H,21,22)/t11-,13+,14+,16-,17-/m1/s1. The summed E-state index contributed by atoms with van der Waals surface area (Å²) in [5.41, 5.74) is 0.848. The molecule has 3 fully saturated rings. The van der Waals surface area contributed by atoms with Gasteiger partial charge in [0.2, 0.25) is 0 Å². The molecule has 1 aromatic carbocycles. The van der Waals surface area contributed by atoms with Crippen molar-refractivity contribution in [3.8, 4) is 0 Å². The summed E-state index contributed by atoms with van der Waals surface area (Å²) in [5, 5.41) is 2.60. The Labute approximate surface area is 161 Å². The predicted octanol–water partition coefficient (Wildman–Crippen LogP) is 1.54. The normalized spacial score (nSPS) is 29.3. The first-order valence-electron chi connectivity index (χ1n) is 9.42. The van der Waals surface area contributed by atoms with Gasteiger partial charge in [0, 0.05) is 11.6 Å². The topological polar surface area (TPSA) is 108 Å². The second kappa shape index (κ2) is 7.26. The van der Waals surface area contributed by atoms with E-state index < -0.39 is 36.3 Å². The zero-order chi connectivity index (χ0) is 19.8. The fraction of sp³-hybridized carbons (Fsp3) is 0.500. The van der Waals surface area contributed by atoms with Crippen molar-refractivity contribution >= 4 is 29.5 Å². The summed E-state index contributed by atoms with van der Waals surface area (Å²) in [4.78, 5) is 48.1. The van der Waals surface area contributed by atoms with Crippen molar-refractivity contribution in [1.29, 1.82) is 0 Å². The smallest absolute Gasteiger partial charge is 0.338 e. The third-order valence-electron chi connectivity index (χ3n) is 5.78. The van der Waals surface area contributed by atoms with Crippen molar-refractivity contribution in [1.82, 2.24) is 0 Å². The fourth-order valence-corrected chi connectivity index (χ4v) is 4.66. The summed E-state index contributed by atoms with van der Waals surface area (Å²) in [7, 11) is 0. The summed E-state index contributed by atoms with van der Waals surface area (Å²) in [6, 6.07) is 6.21. The molecule has 28 heavy (non-hydrogen) atoms. The molecule has 1 heterocycles. The van der Waals surface area contributed by atoms with Crippen molar-refractivity contribution < 1.29 is 33.4 Å². The van der Waals surface area contributed by atoms with Gasteiger partial charge in [-0.05, 0) is 49.9 Å². The second-order valence-corrected chi connectivity index (χ2v) is 7.38. The van der Waals surface area contributed by atoms with Crippen LogP contribution in [0.15, 0.2) is 24.3 Å². The van der Waals surface area contributed by atoms with Crippen LogP contribution in [-0.4, -0.2) is 43.1 Å². The highest BCUT2D eigenvalue weighted by Gasteiger charge is 2.64. The van der Waals surface area contributed by atoms with Crippen molar-refractivity contribution in [3.05, 3.63) is 29.8 Å². The lowest BCUT2D eigenvalue weighted by molar-refractivity contribution is -0.157. The van der Waals surface area contributed by atoms with E-state index in [1.807, 2.05) is 0 Å². The molecule has 2 bridgehead atoms. The molecular weight excluding hydrogens is 366 g/mol. The Morgan fingerprint density at radius 1 is 1.14 bits per heavy atom. The van der Waals surface area contributed by atoms with Crippen LogP contribution in [0, 0.1) is 23.7 Å². The number of carbonyl (C=O) groups is 4. The lowest BCUT2D eigenvalue weighted by Crippen LogP contribution is -2.34. The summed E-state index contributed by atoms with van der Waals surface area (Å²) < 4.78 is 15.4. The van der Waals surface area contributed by atoms with Gasteiger partial charge in [-0.15, -0.1) is 0 Å². The molecule has 5 atom stereocenters. The number of carbonyl (C=O) groups excluding carboxylic acids is 4. The molecule has 3 aliphatic rings. The first-order chi connectivity index (χ1) is 13.5. The average Bonchev–Trinajstić information content (AvgIpc) is 3.29. The van der Waals surface area contributed by atoms with E-state index >= 15 is 0 Å². The molecule has 1 saturated heterocycles. The monoisotopic (exact) mass is 387 g/mol. The number of amides is 1. The van der Waals surface area contributed by atoms with Gasteiger partial charge in [-0.3, -0.25) is 14.4 Å². The van der Waals surface area contributed by atoms with Gasteiger partial charge < -0.3 is 19.5 Å². The van der Waals surface area contributed by atoms with Crippen LogP contribution in [0.4, 0.5) is 5.69 Å². The Morgan fingerprint density at radius 3 is 2.61 bits per heavy atom. The summed E-state index contributed by atoms with van der Waals surface area (Å²) in [6.45, 7) is 1.57. The van der Waals surface area contributed by atoms with E-state index in [4.69, 9.17) is 14.2 Å². The van der Waals surface area contributed by atoms with Crippen molar-refractivity contribution in [2.75, 3.05) is 18.5 Å². The first-order valence-corrected chi connectivity index (χ1v) is 9.42. The zero-order valence-corrected chi connectivity index (χ0v) is 15.4. The number of rotatable bonds is 6. The largest absolute Gasteiger partial charge is 0.462 e. The third kappa shape index (κ3) is 3.23. The minimum absolute atomic E-state index is 0.0487. The van der Waals surface area contributed by atoms with Gasteiger partial charge in [0.15, 0.2) is 6.61 Å². The van der Waals surface area contributed by atoms with Gasteiger partial charge in [-0.25, -0.2) is 4.79 Å². The first kappa shape index (κ1) is 18.5. The minimum Gasteiger partial charge on any atom is -0.462 e. The number of fused-ring (bicyclic) bond motifs is 1. The molecule has 4 rings (SSSR count). The molecule has 8 nitrogen and oxygen atoms in total. The Kier molecular flexibility index (Phi) is 4.78. The van der Waals surface area contributed by atoms with Crippen molar-refractivity contribution in [3.63, 3.8) is 0 Å². The minimum atomic E-state index is -0.511. The Bertz CT molecular complexity index is 816. The van der Waals surface area contributed by atoms with Gasteiger partial charge in [-0.1, -0.05) is 0 Å². The lowest BCUT2D eigenvalue weighted by atomic mass is 9.80. The lowest BCUT2D eigenvalue weighted by Gasteiger charge is -2.22. The van der Waals surface area contributed by atoms with Gasteiger partial charge >= 0.3 is 17.9 Å². The molecule has 0 spiro atoms. The number of nitrogens with one attached hydrogen (secondary N) is 1. The van der Waals surface area contributed by atoms with Crippen LogP contribution in [0.2, 0.25) is 0 Å². The molecule has 0 radical (unpaired) electrons. The van der Waals surface area contributed by atoms with Gasteiger partial charge in [0.05, 0.1) is 24.0 Å². The van der Waals surface area contributed by atoms with Crippen LogP contribution in [-0.2, 0) is 28.6 Å². The quantitative estimate of drug-likeness (QED) is 0.583. The molecule has 2 aliphatic carbocycles. The van der Waals surface area contributed by atoms with E-state index in [0.29, 0.717) is 17.7 Å². The van der Waals surface area contributed by atoms with Crippen molar-refractivity contribution in [2.45, 2.75) is 25.9 Å². The van der Waals surface area contributed by atoms with E-state index in [1.54, 1.807) is 19.1 Å². The molecule has 148 valence electrons. The Balaban J connectivity index is 1.28. The molecule has 0 unspecified atom stereocenters. The molecular formula is C20H21NO7. The second-order valence-electron chi connectivity index (χ2n) is 7.38. The molecule has 1 N–H and O–H groups in total. The number of hydrogen-bond acceptors (Lipinski definition) is 7. The fourth-order valence-electron chi connectivity index (χ4n) is 4.66. The van der Waals surface area contributed by atoms with Crippen LogP contribution in [0.5, 0.6) is 0 Å². The number of ether oxygens (including phenoxy) is 3. The van der Waals surface area contributed by atoms with E-state index in [9.17, 15) is 19.2 Å². The summed E-state index contributed by atoms with van der Waals surface area (Å²) in [6.07, 6.45) is 1.46. The van der Waals surface area contributed by atoms with Crippen LogP contribution < -0.4 is 5.32 Å². The molecule has 0 aromatic heterocycles. The molecule has 1 aromatic rings. The van der Waals surface area contributed by atoms with Crippen LogP contribution in [0.1, 0.15) is 30.1 Å². The average molecular weight is 387 g/mol. The maximum atomic E-state index is 12.4. The highest BCUT2D eigenvalue weighted by molar-refractivity contribution is 5.95. The summed E-state index contributed by atoms with van der Waals surface area (Å²) in [5.74, 6) is -2.48.